The number of nitrogens with zero attached hydrogens (tertiary/aromatic N) is 2. The number of halogens is 1. The normalized spacial score (nSPS) is 10.1. The number of nitrogens with two attached hydrogens (primary N) is 1. The second-order valence-corrected chi connectivity index (χ2v) is 4.20. The van der Waals surface area contributed by atoms with Crippen molar-refractivity contribution < 1.29 is 4.79 Å². The van der Waals surface area contributed by atoms with Crippen LogP contribution in [0.1, 0.15) is 10.4 Å². The van der Waals surface area contributed by atoms with E-state index < -0.39 is 0 Å². The highest BCUT2D eigenvalue weighted by molar-refractivity contribution is 6.34. The summed E-state index contributed by atoms with van der Waals surface area (Å²) in [6.07, 6.45) is 1.56. The predicted molar refractivity (Wildman–Crippen MR) is 72.8 cm³/mol. The van der Waals surface area contributed by atoms with E-state index in [4.69, 9.17) is 17.3 Å². The summed E-state index contributed by atoms with van der Waals surface area (Å²) in [7, 11) is 1.63. The zero-order valence-electron chi connectivity index (χ0n) is 9.80. The topological polar surface area (TPSA) is 59.2 Å². The summed E-state index contributed by atoms with van der Waals surface area (Å²) in [6, 6.07) is 10.2. The summed E-state index contributed by atoms with van der Waals surface area (Å²) in [5, 5.41) is 0.415. The van der Waals surface area contributed by atoms with Crippen LogP contribution in [0.2, 0.25) is 5.02 Å². The van der Waals surface area contributed by atoms with E-state index >= 15 is 0 Å². The van der Waals surface area contributed by atoms with Crippen LogP contribution in [-0.4, -0.2) is 17.9 Å². The maximum absolute atomic E-state index is 12.2. The van der Waals surface area contributed by atoms with Crippen molar-refractivity contribution in [3.05, 3.63) is 53.2 Å². The Kier molecular flexibility index (Phi) is 3.48. The molecule has 2 rings (SSSR count). The Morgan fingerprint density at radius 2 is 2.06 bits per heavy atom. The van der Waals surface area contributed by atoms with Crippen LogP contribution in [0.25, 0.3) is 0 Å². The lowest BCUT2D eigenvalue weighted by molar-refractivity contribution is 0.0992. The molecular weight excluding hydrogens is 250 g/mol. The summed E-state index contributed by atoms with van der Waals surface area (Å²) in [5.41, 5.74) is 6.65. The van der Waals surface area contributed by atoms with Gasteiger partial charge in [0.2, 0.25) is 0 Å². The van der Waals surface area contributed by atoms with Crippen LogP contribution in [0.3, 0.4) is 0 Å². The van der Waals surface area contributed by atoms with E-state index in [0.29, 0.717) is 22.1 Å². The van der Waals surface area contributed by atoms with Crippen molar-refractivity contribution in [2.24, 2.45) is 0 Å². The van der Waals surface area contributed by atoms with Crippen molar-refractivity contribution >= 4 is 29.0 Å². The molecule has 2 N–H and O–H groups in total. The van der Waals surface area contributed by atoms with Gasteiger partial charge in [0.25, 0.3) is 5.91 Å². The van der Waals surface area contributed by atoms with Crippen molar-refractivity contribution in [3.8, 4) is 0 Å². The van der Waals surface area contributed by atoms with Gasteiger partial charge in [-0.1, -0.05) is 23.7 Å². The Hall–Kier alpha value is -2.07. The summed E-state index contributed by atoms with van der Waals surface area (Å²) in [6.45, 7) is 0. The molecular formula is C13H12ClN3O. The summed E-state index contributed by atoms with van der Waals surface area (Å²) in [5.74, 6) is 0.263. The van der Waals surface area contributed by atoms with Gasteiger partial charge in [0.05, 0.1) is 10.6 Å². The molecule has 0 saturated heterocycles. The molecule has 1 aromatic heterocycles. The zero-order chi connectivity index (χ0) is 13.1. The number of carbonyl (C=O) groups excluding carboxylic acids is 1. The Bertz CT molecular complexity index is 586. The molecule has 0 fully saturated rings. The number of hydrogen-bond donors (Lipinski definition) is 1. The van der Waals surface area contributed by atoms with Crippen LogP contribution in [0.4, 0.5) is 11.5 Å². The fraction of sp³-hybridized carbons (Fsp3) is 0.0769. The molecule has 0 aliphatic heterocycles. The number of nitrogen functional groups attached to an aromatic ring is 1. The standard InChI is InChI=1S/C13H12ClN3O/c1-17(12-8-9(15)6-7-16-12)13(18)10-4-2-3-5-11(10)14/h2-8H,1H3,(H2,15,16). The highest BCUT2D eigenvalue weighted by Gasteiger charge is 2.16. The molecule has 18 heavy (non-hydrogen) atoms. The van der Waals surface area contributed by atoms with Gasteiger partial charge in [-0.25, -0.2) is 4.98 Å². The number of anilines is 2. The summed E-state index contributed by atoms with van der Waals surface area (Å²) in [4.78, 5) is 17.7. The lowest BCUT2D eigenvalue weighted by Crippen LogP contribution is -2.27. The van der Waals surface area contributed by atoms with Gasteiger partial charge in [0.15, 0.2) is 0 Å². The van der Waals surface area contributed by atoms with Gasteiger partial charge in [-0.15, -0.1) is 0 Å². The highest BCUT2D eigenvalue weighted by atomic mass is 35.5. The van der Waals surface area contributed by atoms with Crippen molar-refractivity contribution in [3.63, 3.8) is 0 Å². The van der Waals surface area contributed by atoms with Gasteiger partial charge in [-0.05, 0) is 18.2 Å². The minimum atomic E-state index is -0.223. The minimum absolute atomic E-state index is 0.223. The molecule has 0 spiro atoms. The van der Waals surface area contributed by atoms with Gasteiger partial charge in [-0.2, -0.15) is 0 Å². The molecule has 1 amide bonds. The average Bonchev–Trinajstić information content (AvgIpc) is 2.37. The quantitative estimate of drug-likeness (QED) is 0.904. The van der Waals surface area contributed by atoms with E-state index in [1.807, 2.05) is 0 Å². The number of amides is 1. The van der Waals surface area contributed by atoms with Gasteiger partial charge < -0.3 is 5.73 Å². The number of benzene rings is 1. The first-order valence-corrected chi connectivity index (χ1v) is 5.71. The van der Waals surface area contributed by atoms with E-state index in [1.165, 1.54) is 4.90 Å². The third kappa shape index (κ3) is 2.43. The van der Waals surface area contributed by atoms with Gasteiger partial charge in [-0.3, -0.25) is 9.69 Å². The predicted octanol–water partition coefficient (Wildman–Crippen LogP) is 2.59. The van der Waals surface area contributed by atoms with Crippen LogP contribution in [0, 0.1) is 0 Å². The first-order valence-electron chi connectivity index (χ1n) is 5.33. The Morgan fingerprint density at radius 1 is 1.33 bits per heavy atom. The molecule has 4 nitrogen and oxygen atoms in total. The van der Waals surface area contributed by atoms with Crippen LogP contribution >= 0.6 is 11.6 Å². The molecule has 92 valence electrons. The van der Waals surface area contributed by atoms with Crippen molar-refractivity contribution in [1.82, 2.24) is 4.98 Å². The van der Waals surface area contributed by atoms with Crippen molar-refractivity contribution in [2.45, 2.75) is 0 Å². The Morgan fingerprint density at radius 3 is 2.72 bits per heavy atom. The van der Waals surface area contributed by atoms with E-state index in [1.54, 1.807) is 49.6 Å². The fourth-order valence-corrected chi connectivity index (χ4v) is 1.75. The van der Waals surface area contributed by atoms with E-state index in [2.05, 4.69) is 4.98 Å². The molecule has 1 heterocycles. The zero-order valence-corrected chi connectivity index (χ0v) is 10.6. The maximum Gasteiger partial charge on any atom is 0.260 e. The lowest BCUT2D eigenvalue weighted by atomic mass is 10.2. The van der Waals surface area contributed by atoms with Crippen LogP contribution in [0.15, 0.2) is 42.6 Å². The number of pyridine rings is 1. The number of aromatic nitrogens is 1. The number of hydrogen-bond acceptors (Lipinski definition) is 3. The molecule has 0 bridgehead atoms. The first kappa shape index (κ1) is 12.4. The Balaban J connectivity index is 2.32. The van der Waals surface area contributed by atoms with Crippen LogP contribution in [0.5, 0.6) is 0 Å². The SMILES string of the molecule is CN(C(=O)c1ccccc1Cl)c1cc(N)ccn1. The van der Waals surface area contributed by atoms with Gasteiger partial charge in [0.1, 0.15) is 5.82 Å². The van der Waals surface area contributed by atoms with E-state index in [9.17, 15) is 4.79 Å². The van der Waals surface area contributed by atoms with Crippen LogP contribution in [-0.2, 0) is 0 Å². The van der Waals surface area contributed by atoms with E-state index in [0.717, 1.165) is 0 Å². The molecule has 5 heteroatoms. The molecule has 0 aliphatic rings. The van der Waals surface area contributed by atoms with Gasteiger partial charge >= 0.3 is 0 Å². The number of carbonyl (C=O) groups is 1. The lowest BCUT2D eigenvalue weighted by Gasteiger charge is -2.17. The second-order valence-electron chi connectivity index (χ2n) is 3.79. The van der Waals surface area contributed by atoms with E-state index in [-0.39, 0.29) is 5.91 Å². The largest absolute Gasteiger partial charge is 0.399 e. The van der Waals surface area contributed by atoms with Gasteiger partial charge in [0, 0.05) is 25.0 Å². The average molecular weight is 262 g/mol. The van der Waals surface area contributed by atoms with Crippen molar-refractivity contribution in [1.29, 1.82) is 0 Å². The van der Waals surface area contributed by atoms with Crippen molar-refractivity contribution in [2.75, 3.05) is 17.7 Å². The molecule has 0 radical (unpaired) electrons. The molecule has 0 unspecified atom stereocenters. The fourth-order valence-electron chi connectivity index (χ4n) is 1.54. The molecule has 2 aromatic rings. The molecule has 0 saturated carbocycles. The first-order chi connectivity index (χ1) is 8.59. The summed E-state index contributed by atoms with van der Waals surface area (Å²) >= 11 is 5.99. The Labute approximate surface area is 110 Å². The third-order valence-electron chi connectivity index (χ3n) is 2.52. The number of rotatable bonds is 2. The summed E-state index contributed by atoms with van der Waals surface area (Å²) < 4.78 is 0. The minimum Gasteiger partial charge on any atom is -0.399 e. The maximum atomic E-state index is 12.2. The smallest absolute Gasteiger partial charge is 0.260 e. The monoisotopic (exact) mass is 261 g/mol. The second kappa shape index (κ2) is 5.06. The highest BCUT2D eigenvalue weighted by Crippen LogP contribution is 2.20. The third-order valence-corrected chi connectivity index (χ3v) is 2.85. The molecule has 0 aliphatic carbocycles. The van der Waals surface area contributed by atoms with Crippen LogP contribution < -0.4 is 10.6 Å². The molecule has 1 aromatic carbocycles. The molecule has 0 atom stereocenters.